The van der Waals surface area contributed by atoms with Gasteiger partial charge < -0.3 is 11.1 Å². The highest BCUT2D eigenvalue weighted by Crippen LogP contribution is 2.36. The number of benzene rings is 1. The molecule has 1 amide bonds. The molecular formula is C17H12F3N7O. The van der Waals surface area contributed by atoms with Crippen LogP contribution in [0, 0.1) is 0 Å². The van der Waals surface area contributed by atoms with Gasteiger partial charge in [-0.05, 0) is 12.1 Å². The standard InChI is InChI=1S/C17H12F3N7O/c18-17(19,20)13-10(7-24-26-13)12-8-23-16-15(22-5-6-27(12)16)25-11-4-2-1-3-9(11)14(21)28/h1-8H,(H2,21,28)(H,22,25)(H,24,26). The van der Waals surface area contributed by atoms with E-state index >= 15 is 0 Å². The van der Waals surface area contributed by atoms with E-state index in [4.69, 9.17) is 5.73 Å². The van der Waals surface area contributed by atoms with Crippen molar-refractivity contribution >= 4 is 23.1 Å². The second-order valence-electron chi connectivity index (χ2n) is 5.80. The van der Waals surface area contributed by atoms with E-state index in [1.807, 2.05) is 5.10 Å². The van der Waals surface area contributed by atoms with Crippen molar-refractivity contribution < 1.29 is 18.0 Å². The molecule has 0 aliphatic heterocycles. The van der Waals surface area contributed by atoms with Crippen LogP contribution in [0.15, 0.2) is 49.1 Å². The lowest BCUT2D eigenvalue weighted by atomic mass is 10.1. The van der Waals surface area contributed by atoms with Crippen LogP contribution in [-0.4, -0.2) is 30.5 Å². The fourth-order valence-corrected chi connectivity index (χ4v) is 2.84. The minimum Gasteiger partial charge on any atom is -0.366 e. The number of nitrogens with zero attached hydrogens (tertiary/aromatic N) is 4. The molecule has 1 aromatic carbocycles. The molecule has 0 fully saturated rings. The van der Waals surface area contributed by atoms with Gasteiger partial charge in [-0.1, -0.05) is 12.1 Å². The number of rotatable bonds is 4. The molecular weight excluding hydrogens is 375 g/mol. The number of aromatic nitrogens is 5. The predicted octanol–water partition coefficient (Wildman–Crippen LogP) is 2.98. The Kier molecular flexibility index (Phi) is 3.99. The van der Waals surface area contributed by atoms with Crippen molar-refractivity contribution in [3.8, 4) is 11.3 Å². The number of carbonyl (C=O) groups excluding carboxylic acids is 1. The molecule has 0 aliphatic carbocycles. The van der Waals surface area contributed by atoms with Crippen molar-refractivity contribution in [3.05, 3.63) is 60.3 Å². The number of halogens is 3. The zero-order valence-corrected chi connectivity index (χ0v) is 14.0. The monoisotopic (exact) mass is 387 g/mol. The zero-order chi connectivity index (χ0) is 19.9. The molecule has 0 spiro atoms. The second-order valence-corrected chi connectivity index (χ2v) is 5.80. The molecule has 0 aliphatic rings. The molecule has 4 aromatic rings. The first-order valence-electron chi connectivity index (χ1n) is 7.95. The Morgan fingerprint density at radius 3 is 2.71 bits per heavy atom. The van der Waals surface area contributed by atoms with Gasteiger partial charge in [-0.25, -0.2) is 9.97 Å². The number of nitrogens with two attached hydrogens (primary N) is 1. The Bertz CT molecular complexity index is 1180. The molecule has 4 N–H and O–H groups in total. The van der Waals surface area contributed by atoms with Gasteiger partial charge in [-0.3, -0.25) is 14.3 Å². The van der Waals surface area contributed by atoms with Gasteiger partial charge in [0.25, 0.3) is 5.91 Å². The summed E-state index contributed by atoms with van der Waals surface area (Å²) in [4.78, 5) is 19.9. The molecule has 0 unspecified atom stereocenters. The van der Waals surface area contributed by atoms with Gasteiger partial charge >= 0.3 is 6.18 Å². The molecule has 0 atom stereocenters. The average Bonchev–Trinajstić information content (AvgIpc) is 3.28. The van der Waals surface area contributed by atoms with E-state index in [9.17, 15) is 18.0 Å². The van der Waals surface area contributed by atoms with Gasteiger partial charge in [-0.15, -0.1) is 0 Å². The summed E-state index contributed by atoms with van der Waals surface area (Å²) in [6.07, 6.45) is 0.672. The van der Waals surface area contributed by atoms with E-state index in [2.05, 4.69) is 20.4 Å². The van der Waals surface area contributed by atoms with Crippen molar-refractivity contribution in [2.75, 3.05) is 5.32 Å². The number of H-pyrrole nitrogens is 1. The number of alkyl halides is 3. The van der Waals surface area contributed by atoms with Crippen molar-refractivity contribution in [1.82, 2.24) is 24.6 Å². The Morgan fingerprint density at radius 2 is 1.96 bits per heavy atom. The van der Waals surface area contributed by atoms with Gasteiger partial charge in [0.05, 0.1) is 34.9 Å². The van der Waals surface area contributed by atoms with Crippen LogP contribution < -0.4 is 11.1 Å². The molecule has 8 nitrogen and oxygen atoms in total. The third-order valence-electron chi connectivity index (χ3n) is 4.07. The van der Waals surface area contributed by atoms with E-state index in [0.717, 1.165) is 6.20 Å². The summed E-state index contributed by atoms with van der Waals surface area (Å²) in [6.45, 7) is 0. The number of nitrogens with one attached hydrogen (secondary N) is 2. The average molecular weight is 387 g/mol. The van der Waals surface area contributed by atoms with Gasteiger partial charge in [0.2, 0.25) is 0 Å². The van der Waals surface area contributed by atoms with Crippen LogP contribution in [0.5, 0.6) is 0 Å². The quantitative estimate of drug-likeness (QED) is 0.498. The number of hydrogen-bond donors (Lipinski definition) is 3. The number of para-hydroxylation sites is 1. The highest BCUT2D eigenvalue weighted by Gasteiger charge is 2.36. The third kappa shape index (κ3) is 2.92. The first kappa shape index (κ1) is 17.5. The molecule has 28 heavy (non-hydrogen) atoms. The SMILES string of the molecule is NC(=O)c1ccccc1Nc1nccn2c(-c3cn[nH]c3C(F)(F)F)cnc12. The highest BCUT2D eigenvalue weighted by molar-refractivity contribution is 5.99. The number of carbonyl (C=O) groups is 1. The largest absolute Gasteiger partial charge is 0.433 e. The van der Waals surface area contributed by atoms with Gasteiger partial charge in [0, 0.05) is 12.4 Å². The van der Waals surface area contributed by atoms with Crippen LogP contribution in [0.2, 0.25) is 0 Å². The normalized spacial score (nSPS) is 11.7. The van der Waals surface area contributed by atoms with E-state index in [-0.39, 0.29) is 28.3 Å². The maximum atomic E-state index is 13.2. The zero-order valence-electron chi connectivity index (χ0n) is 14.0. The van der Waals surface area contributed by atoms with Gasteiger partial charge in [0.15, 0.2) is 11.5 Å². The maximum absolute atomic E-state index is 13.2. The van der Waals surface area contributed by atoms with Crippen molar-refractivity contribution in [2.24, 2.45) is 5.73 Å². The second kappa shape index (κ2) is 6.37. The number of aromatic amines is 1. The summed E-state index contributed by atoms with van der Waals surface area (Å²) in [5, 5.41) is 8.44. The molecule has 0 bridgehead atoms. The lowest BCUT2D eigenvalue weighted by molar-refractivity contribution is -0.140. The Labute approximate surface area is 155 Å². The molecule has 142 valence electrons. The Morgan fingerprint density at radius 1 is 1.18 bits per heavy atom. The number of amides is 1. The molecule has 0 saturated heterocycles. The molecule has 3 heterocycles. The van der Waals surface area contributed by atoms with Crippen LogP contribution in [0.3, 0.4) is 0 Å². The number of primary amides is 1. The van der Waals surface area contributed by atoms with Crippen molar-refractivity contribution in [2.45, 2.75) is 6.18 Å². The summed E-state index contributed by atoms with van der Waals surface area (Å²) in [5.41, 5.74) is 5.35. The minimum atomic E-state index is -4.59. The lowest BCUT2D eigenvalue weighted by Gasteiger charge is -2.10. The fourth-order valence-electron chi connectivity index (χ4n) is 2.84. The summed E-state index contributed by atoms with van der Waals surface area (Å²) >= 11 is 0. The molecule has 11 heteroatoms. The number of imidazole rings is 1. The minimum absolute atomic E-state index is 0.144. The van der Waals surface area contributed by atoms with Gasteiger partial charge in [-0.2, -0.15) is 18.3 Å². The third-order valence-corrected chi connectivity index (χ3v) is 4.07. The first-order valence-corrected chi connectivity index (χ1v) is 7.95. The van der Waals surface area contributed by atoms with Crippen molar-refractivity contribution in [1.29, 1.82) is 0 Å². The lowest BCUT2D eigenvalue weighted by Crippen LogP contribution is -2.13. The number of hydrogen-bond acceptors (Lipinski definition) is 5. The first-order chi connectivity index (χ1) is 13.4. The van der Waals surface area contributed by atoms with Crippen LogP contribution in [-0.2, 0) is 6.18 Å². The topological polar surface area (TPSA) is 114 Å². The van der Waals surface area contributed by atoms with E-state index < -0.39 is 17.8 Å². The summed E-state index contributed by atoms with van der Waals surface area (Å²) in [5.74, 6) is -0.383. The van der Waals surface area contributed by atoms with Gasteiger partial charge in [0.1, 0.15) is 5.69 Å². The summed E-state index contributed by atoms with van der Waals surface area (Å²) < 4.78 is 41.0. The van der Waals surface area contributed by atoms with Crippen LogP contribution in [0.25, 0.3) is 16.9 Å². The number of fused-ring (bicyclic) bond motifs is 1. The Hall–Kier alpha value is -3.89. The molecule has 0 saturated carbocycles. The predicted molar refractivity (Wildman–Crippen MR) is 93.8 cm³/mol. The molecule has 0 radical (unpaired) electrons. The molecule has 4 rings (SSSR count). The smallest absolute Gasteiger partial charge is 0.366 e. The van der Waals surface area contributed by atoms with Crippen LogP contribution >= 0.6 is 0 Å². The summed E-state index contributed by atoms with van der Waals surface area (Å²) in [6, 6.07) is 6.54. The maximum Gasteiger partial charge on any atom is 0.433 e. The summed E-state index contributed by atoms with van der Waals surface area (Å²) in [7, 11) is 0. The van der Waals surface area contributed by atoms with Crippen LogP contribution in [0.4, 0.5) is 24.7 Å². The molecule has 3 aromatic heterocycles. The van der Waals surface area contributed by atoms with E-state index in [0.29, 0.717) is 5.69 Å². The van der Waals surface area contributed by atoms with Crippen molar-refractivity contribution in [3.63, 3.8) is 0 Å². The Balaban J connectivity index is 1.81. The van der Waals surface area contributed by atoms with E-state index in [1.165, 1.54) is 23.0 Å². The number of anilines is 2. The van der Waals surface area contributed by atoms with Crippen LogP contribution in [0.1, 0.15) is 16.1 Å². The van der Waals surface area contributed by atoms with E-state index in [1.54, 1.807) is 24.3 Å². The fraction of sp³-hybridized carbons (Fsp3) is 0.0588. The highest BCUT2D eigenvalue weighted by atomic mass is 19.4.